The number of aryl methyl sites for hydroxylation is 1. The largest absolute Gasteiger partial charge is 0.361 e. The van der Waals surface area contributed by atoms with E-state index in [2.05, 4.69) is 35.8 Å². The van der Waals surface area contributed by atoms with Crippen molar-refractivity contribution < 1.29 is 0 Å². The third-order valence-electron chi connectivity index (χ3n) is 1.97. The molecule has 2 nitrogen and oxygen atoms in total. The molecule has 1 atom stereocenters. The predicted octanol–water partition coefficient (Wildman–Crippen LogP) is 3.12. The van der Waals surface area contributed by atoms with Crippen molar-refractivity contribution in [2.45, 2.75) is 20.3 Å². The van der Waals surface area contributed by atoms with Crippen molar-refractivity contribution in [2.24, 2.45) is 5.92 Å². The molecule has 0 fully saturated rings. The lowest BCUT2D eigenvalue weighted by Gasteiger charge is -2.09. The highest BCUT2D eigenvalue weighted by atomic mass is 32.2. The van der Waals surface area contributed by atoms with Crippen LogP contribution in [0.1, 0.15) is 19.5 Å². The average Bonchev–Trinajstić information content (AvgIpc) is 2.63. The van der Waals surface area contributed by atoms with Gasteiger partial charge in [0, 0.05) is 11.9 Å². The highest BCUT2D eigenvalue weighted by Crippen LogP contribution is 2.16. The van der Waals surface area contributed by atoms with Crippen molar-refractivity contribution in [3.05, 3.63) is 11.1 Å². The van der Waals surface area contributed by atoms with Crippen molar-refractivity contribution in [1.29, 1.82) is 0 Å². The SMILES string of the molecule is CCc1csc(NCC(C)CSC)n1. The molecule has 4 heteroatoms. The summed E-state index contributed by atoms with van der Waals surface area (Å²) in [5.74, 6) is 1.91. The second-order valence-electron chi connectivity index (χ2n) is 3.44. The molecule has 0 aliphatic carbocycles. The average molecular weight is 230 g/mol. The van der Waals surface area contributed by atoms with Crippen LogP contribution < -0.4 is 5.32 Å². The van der Waals surface area contributed by atoms with E-state index in [9.17, 15) is 0 Å². The molecule has 80 valence electrons. The van der Waals surface area contributed by atoms with Gasteiger partial charge >= 0.3 is 0 Å². The van der Waals surface area contributed by atoms with Gasteiger partial charge in [-0.2, -0.15) is 11.8 Å². The molecule has 0 aliphatic rings. The van der Waals surface area contributed by atoms with Gasteiger partial charge in [-0.05, 0) is 24.3 Å². The van der Waals surface area contributed by atoms with Crippen LogP contribution in [-0.4, -0.2) is 23.5 Å². The van der Waals surface area contributed by atoms with Crippen molar-refractivity contribution in [2.75, 3.05) is 23.9 Å². The Labute approximate surface area is 94.5 Å². The molecule has 0 bridgehead atoms. The molecule has 0 radical (unpaired) electrons. The van der Waals surface area contributed by atoms with Gasteiger partial charge in [0.15, 0.2) is 5.13 Å². The van der Waals surface area contributed by atoms with Crippen molar-refractivity contribution in [3.63, 3.8) is 0 Å². The zero-order valence-electron chi connectivity index (χ0n) is 9.04. The topological polar surface area (TPSA) is 24.9 Å². The third-order valence-corrected chi connectivity index (χ3v) is 3.72. The number of hydrogen-bond donors (Lipinski definition) is 1. The fraction of sp³-hybridized carbons (Fsp3) is 0.700. The van der Waals surface area contributed by atoms with Crippen molar-refractivity contribution >= 4 is 28.2 Å². The van der Waals surface area contributed by atoms with E-state index < -0.39 is 0 Å². The monoisotopic (exact) mass is 230 g/mol. The van der Waals surface area contributed by atoms with Gasteiger partial charge < -0.3 is 5.32 Å². The first-order valence-electron chi connectivity index (χ1n) is 4.93. The van der Waals surface area contributed by atoms with E-state index >= 15 is 0 Å². The summed E-state index contributed by atoms with van der Waals surface area (Å²) in [5, 5.41) is 6.57. The Morgan fingerprint density at radius 1 is 1.64 bits per heavy atom. The lowest BCUT2D eigenvalue weighted by molar-refractivity contribution is 0.701. The first-order chi connectivity index (χ1) is 6.76. The maximum Gasteiger partial charge on any atom is 0.182 e. The summed E-state index contributed by atoms with van der Waals surface area (Å²) in [6.07, 6.45) is 3.17. The highest BCUT2D eigenvalue weighted by Gasteiger charge is 2.03. The normalized spacial score (nSPS) is 12.8. The summed E-state index contributed by atoms with van der Waals surface area (Å²) >= 11 is 3.60. The molecule has 0 spiro atoms. The summed E-state index contributed by atoms with van der Waals surface area (Å²) in [4.78, 5) is 4.46. The summed E-state index contributed by atoms with van der Waals surface area (Å²) in [6.45, 7) is 5.42. The molecule has 14 heavy (non-hydrogen) atoms. The Morgan fingerprint density at radius 2 is 2.43 bits per heavy atom. The van der Waals surface area contributed by atoms with E-state index in [-0.39, 0.29) is 0 Å². The number of thioether (sulfide) groups is 1. The molecule has 1 rings (SSSR count). The van der Waals surface area contributed by atoms with Gasteiger partial charge in [0.1, 0.15) is 0 Å². The van der Waals surface area contributed by atoms with Crippen molar-refractivity contribution in [3.8, 4) is 0 Å². The first-order valence-corrected chi connectivity index (χ1v) is 7.20. The number of nitrogens with one attached hydrogen (secondary N) is 1. The van der Waals surface area contributed by atoms with Gasteiger partial charge in [0.2, 0.25) is 0 Å². The Balaban J connectivity index is 2.30. The number of aromatic nitrogens is 1. The molecule has 1 N–H and O–H groups in total. The van der Waals surface area contributed by atoms with E-state index in [4.69, 9.17) is 0 Å². The summed E-state index contributed by atoms with van der Waals surface area (Å²) in [7, 11) is 0. The fourth-order valence-electron chi connectivity index (χ4n) is 1.16. The van der Waals surface area contributed by atoms with Crippen LogP contribution in [0.25, 0.3) is 0 Å². The van der Waals surface area contributed by atoms with Crippen molar-refractivity contribution in [1.82, 2.24) is 4.98 Å². The highest BCUT2D eigenvalue weighted by molar-refractivity contribution is 7.98. The number of hydrogen-bond acceptors (Lipinski definition) is 4. The number of anilines is 1. The van der Waals surface area contributed by atoms with Crippen LogP contribution in [0.4, 0.5) is 5.13 Å². The molecule has 1 unspecified atom stereocenters. The summed E-state index contributed by atoms with van der Waals surface area (Å²) in [5.41, 5.74) is 1.19. The van der Waals surface area contributed by atoms with E-state index in [0.717, 1.165) is 18.1 Å². The molecule has 0 saturated carbocycles. The van der Waals surface area contributed by atoms with Crippen LogP contribution in [0, 0.1) is 5.92 Å². The summed E-state index contributed by atoms with van der Waals surface area (Å²) in [6, 6.07) is 0. The Bertz CT molecular complexity index is 260. The van der Waals surface area contributed by atoms with E-state index in [1.54, 1.807) is 11.3 Å². The number of rotatable bonds is 6. The van der Waals surface area contributed by atoms with Gasteiger partial charge in [0.05, 0.1) is 5.69 Å². The lowest BCUT2D eigenvalue weighted by Crippen LogP contribution is -2.13. The lowest BCUT2D eigenvalue weighted by atomic mass is 10.2. The minimum Gasteiger partial charge on any atom is -0.361 e. The first kappa shape index (κ1) is 11.9. The Hall–Kier alpha value is -0.220. The van der Waals surface area contributed by atoms with Crippen LogP contribution in [0.15, 0.2) is 5.38 Å². The minimum absolute atomic E-state index is 0.707. The maximum absolute atomic E-state index is 4.46. The number of thiazole rings is 1. The Kier molecular flexibility index (Phi) is 5.33. The molecular weight excluding hydrogens is 212 g/mol. The second-order valence-corrected chi connectivity index (χ2v) is 5.21. The zero-order valence-corrected chi connectivity index (χ0v) is 10.7. The van der Waals surface area contributed by atoms with Crippen LogP contribution in [0.3, 0.4) is 0 Å². The fourth-order valence-corrected chi connectivity index (χ4v) is 2.65. The van der Waals surface area contributed by atoms with Gasteiger partial charge in [-0.15, -0.1) is 11.3 Å². The molecule has 1 aromatic rings. The second kappa shape index (κ2) is 6.30. The van der Waals surface area contributed by atoms with Crippen LogP contribution in [0.2, 0.25) is 0 Å². The van der Waals surface area contributed by atoms with Gasteiger partial charge in [-0.1, -0.05) is 13.8 Å². The van der Waals surface area contributed by atoms with E-state index in [1.807, 2.05) is 11.8 Å². The molecule has 1 aromatic heterocycles. The molecule has 1 heterocycles. The van der Waals surface area contributed by atoms with E-state index in [1.165, 1.54) is 11.4 Å². The van der Waals surface area contributed by atoms with Crippen LogP contribution in [-0.2, 0) is 6.42 Å². The molecule has 0 saturated heterocycles. The van der Waals surface area contributed by atoms with Gasteiger partial charge in [-0.25, -0.2) is 4.98 Å². The molecule has 0 aliphatic heterocycles. The molecule has 0 amide bonds. The smallest absolute Gasteiger partial charge is 0.182 e. The quantitative estimate of drug-likeness (QED) is 0.813. The zero-order chi connectivity index (χ0) is 10.4. The minimum atomic E-state index is 0.707. The Morgan fingerprint density at radius 3 is 3.00 bits per heavy atom. The van der Waals surface area contributed by atoms with Crippen LogP contribution >= 0.6 is 23.1 Å². The standard InChI is InChI=1S/C10H18N2S2/c1-4-9-7-14-10(12-9)11-5-8(2)6-13-3/h7-8H,4-6H2,1-3H3,(H,11,12). The van der Waals surface area contributed by atoms with Gasteiger partial charge in [0.25, 0.3) is 0 Å². The van der Waals surface area contributed by atoms with Crippen LogP contribution in [0.5, 0.6) is 0 Å². The van der Waals surface area contributed by atoms with E-state index in [0.29, 0.717) is 5.92 Å². The maximum atomic E-state index is 4.46. The molecular formula is C10H18N2S2. The molecule has 0 aromatic carbocycles. The predicted molar refractivity (Wildman–Crippen MR) is 67.5 cm³/mol. The third kappa shape index (κ3) is 3.88. The van der Waals surface area contributed by atoms with Gasteiger partial charge in [-0.3, -0.25) is 0 Å². The number of nitrogens with zero attached hydrogens (tertiary/aromatic N) is 1. The summed E-state index contributed by atoms with van der Waals surface area (Å²) < 4.78 is 0.